The maximum absolute atomic E-state index is 12.6. The SMILES string of the molecule is CCOC(=O)c1ccc(S(=O)(=O)N(C)Cc2ccc(Br)cc2)cc1. The van der Waals surface area contributed by atoms with Gasteiger partial charge >= 0.3 is 5.97 Å². The van der Waals surface area contributed by atoms with E-state index in [-0.39, 0.29) is 18.0 Å². The zero-order valence-corrected chi connectivity index (χ0v) is 15.8. The van der Waals surface area contributed by atoms with Crippen LogP contribution in [0.4, 0.5) is 0 Å². The van der Waals surface area contributed by atoms with E-state index in [0.29, 0.717) is 5.56 Å². The van der Waals surface area contributed by atoms with Crippen LogP contribution in [0.2, 0.25) is 0 Å². The number of ether oxygens (including phenoxy) is 1. The molecule has 0 N–H and O–H groups in total. The Morgan fingerprint density at radius 3 is 2.21 bits per heavy atom. The Labute approximate surface area is 150 Å². The Bertz CT molecular complexity index is 801. The van der Waals surface area contributed by atoms with Crippen LogP contribution in [0.25, 0.3) is 0 Å². The number of halogens is 1. The molecule has 7 heteroatoms. The van der Waals surface area contributed by atoms with Crippen molar-refractivity contribution < 1.29 is 17.9 Å². The van der Waals surface area contributed by atoms with E-state index < -0.39 is 16.0 Å². The fraction of sp³-hybridized carbons (Fsp3) is 0.235. The lowest BCUT2D eigenvalue weighted by atomic mass is 10.2. The van der Waals surface area contributed by atoms with Gasteiger partial charge in [-0.25, -0.2) is 13.2 Å². The molecule has 24 heavy (non-hydrogen) atoms. The van der Waals surface area contributed by atoms with Gasteiger partial charge in [-0.15, -0.1) is 0 Å². The van der Waals surface area contributed by atoms with Crippen LogP contribution in [-0.4, -0.2) is 32.3 Å². The van der Waals surface area contributed by atoms with E-state index >= 15 is 0 Å². The van der Waals surface area contributed by atoms with Crippen LogP contribution < -0.4 is 0 Å². The molecule has 0 aliphatic rings. The summed E-state index contributed by atoms with van der Waals surface area (Å²) in [5.41, 5.74) is 1.21. The van der Waals surface area contributed by atoms with Crippen molar-refractivity contribution >= 4 is 31.9 Å². The van der Waals surface area contributed by atoms with Crippen molar-refractivity contribution in [1.29, 1.82) is 0 Å². The summed E-state index contributed by atoms with van der Waals surface area (Å²) in [6.45, 7) is 2.25. The highest BCUT2D eigenvalue weighted by molar-refractivity contribution is 9.10. The number of nitrogens with zero attached hydrogens (tertiary/aromatic N) is 1. The molecule has 0 heterocycles. The van der Waals surface area contributed by atoms with Crippen molar-refractivity contribution in [3.63, 3.8) is 0 Å². The normalized spacial score (nSPS) is 11.5. The minimum Gasteiger partial charge on any atom is -0.462 e. The van der Waals surface area contributed by atoms with Crippen molar-refractivity contribution in [2.45, 2.75) is 18.4 Å². The number of esters is 1. The highest BCUT2D eigenvalue weighted by Gasteiger charge is 2.21. The fourth-order valence-electron chi connectivity index (χ4n) is 2.09. The quantitative estimate of drug-likeness (QED) is 0.682. The maximum Gasteiger partial charge on any atom is 0.338 e. The van der Waals surface area contributed by atoms with Gasteiger partial charge in [0.15, 0.2) is 0 Å². The van der Waals surface area contributed by atoms with Crippen molar-refractivity contribution in [3.8, 4) is 0 Å². The van der Waals surface area contributed by atoms with Crippen LogP contribution >= 0.6 is 15.9 Å². The zero-order chi connectivity index (χ0) is 17.7. The number of sulfonamides is 1. The van der Waals surface area contributed by atoms with Crippen molar-refractivity contribution in [2.24, 2.45) is 0 Å². The largest absolute Gasteiger partial charge is 0.462 e. The average Bonchev–Trinajstić information content (AvgIpc) is 2.57. The Hall–Kier alpha value is -1.70. The number of hydrogen-bond donors (Lipinski definition) is 0. The predicted octanol–water partition coefficient (Wildman–Crippen LogP) is 3.45. The molecule has 128 valence electrons. The first-order chi connectivity index (χ1) is 11.3. The lowest BCUT2D eigenvalue weighted by Gasteiger charge is -2.17. The molecule has 0 saturated heterocycles. The fourth-order valence-corrected chi connectivity index (χ4v) is 3.51. The van der Waals surface area contributed by atoms with Crippen LogP contribution in [0.3, 0.4) is 0 Å². The molecule has 2 rings (SSSR count). The minimum atomic E-state index is -3.63. The molecule has 0 atom stereocenters. The molecule has 0 saturated carbocycles. The van der Waals surface area contributed by atoms with E-state index in [0.717, 1.165) is 10.0 Å². The highest BCUT2D eigenvalue weighted by Crippen LogP contribution is 2.19. The summed E-state index contributed by atoms with van der Waals surface area (Å²) in [5.74, 6) is -0.468. The van der Waals surface area contributed by atoms with E-state index in [1.807, 2.05) is 24.3 Å². The molecule has 0 aromatic heterocycles. The Kier molecular flexibility index (Phi) is 6.15. The summed E-state index contributed by atoms with van der Waals surface area (Å²) in [5, 5.41) is 0. The number of carbonyl (C=O) groups is 1. The van der Waals surface area contributed by atoms with Gasteiger partial charge in [0.1, 0.15) is 0 Å². The molecule has 0 radical (unpaired) electrons. The van der Waals surface area contributed by atoms with Gasteiger partial charge in [-0.05, 0) is 48.9 Å². The second-order valence-corrected chi connectivity index (χ2v) is 8.09. The molecule has 0 fully saturated rings. The number of benzene rings is 2. The third-order valence-corrected chi connectivity index (χ3v) is 5.74. The molecule has 0 aliphatic carbocycles. The number of rotatable bonds is 6. The second-order valence-electron chi connectivity index (χ2n) is 5.13. The first kappa shape index (κ1) is 18.6. The van der Waals surface area contributed by atoms with Gasteiger partial charge in [0.2, 0.25) is 10.0 Å². The first-order valence-corrected chi connectivity index (χ1v) is 9.56. The number of carbonyl (C=O) groups excluding carboxylic acids is 1. The zero-order valence-electron chi connectivity index (χ0n) is 13.4. The van der Waals surface area contributed by atoms with E-state index in [4.69, 9.17) is 4.74 Å². The standard InChI is InChI=1S/C17H18BrNO4S/c1-3-23-17(20)14-6-10-16(11-7-14)24(21,22)19(2)12-13-4-8-15(18)9-5-13/h4-11H,3,12H2,1-2H3. The number of hydrogen-bond acceptors (Lipinski definition) is 4. The van der Waals surface area contributed by atoms with E-state index in [1.54, 1.807) is 6.92 Å². The summed E-state index contributed by atoms with van der Waals surface area (Å²) >= 11 is 3.35. The molecule has 5 nitrogen and oxygen atoms in total. The van der Waals surface area contributed by atoms with Gasteiger partial charge in [-0.1, -0.05) is 28.1 Å². The van der Waals surface area contributed by atoms with Crippen LogP contribution in [-0.2, 0) is 21.3 Å². The topological polar surface area (TPSA) is 63.7 Å². The van der Waals surface area contributed by atoms with Crippen molar-refractivity contribution in [3.05, 3.63) is 64.1 Å². The average molecular weight is 412 g/mol. The highest BCUT2D eigenvalue weighted by atomic mass is 79.9. The van der Waals surface area contributed by atoms with Gasteiger partial charge in [-0.3, -0.25) is 0 Å². The van der Waals surface area contributed by atoms with Crippen LogP contribution in [0.1, 0.15) is 22.8 Å². The molecule has 0 amide bonds. The minimum absolute atomic E-state index is 0.134. The summed E-state index contributed by atoms with van der Waals surface area (Å²) in [6.07, 6.45) is 0. The summed E-state index contributed by atoms with van der Waals surface area (Å²) in [4.78, 5) is 11.8. The Morgan fingerprint density at radius 2 is 1.67 bits per heavy atom. The first-order valence-electron chi connectivity index (χ1n) is 7.32. The molecular weight excluding hydrogens is 394 g/mol. The summed E-state index contributed by atoms with van der Waals surface area (Å²) < 4.78 is 32.3. The van der Waals surface area contributed by atoms with Crippen LogP contribution in [0.15, 0.2) is 57.9 Å². The van der Waals surface area contributed by atoms with Crippen molar-refractivity contribution in [1.82, 2.24) is 4.31 Å². The molecule has 0 unspecified atom stereocenters. The van der Waals surface area contributed by atoms with E-state index in [9.17, 15) is 13.2 Å². The van der Waals surface area contributed by atoms with Gasteiger partial charge in [-0.2, -0.15) is 4.31 Å². The third-order valence-electron chi connectivity index (χ3n) is 3.39. The molecule has 0 spiro atoms. The molecular formula is C17H18BrNO4S. The molecule has 0 aliphatic heterocycles. The molecule has 0 bridgehead atoms. The lowest BCUT2D eigenvalue weighted by molar-refractivity contribution is 0.0526. The Balaban J connectivity index is 2.16. The third kappa shape index (κ3) is 4.43. The molecule has 2 aromatic rings. The van der Waals surface area contributed by atoms with Gasteiger partial charge in [0.05, 0.1) is 17.1 Å². The van der Waals surface area contributed by atoms with Gasteiger partial charge < -0.3 is 4.74 Å². The van der Waals surface area contributed by atoms with Gasteiger partial charge in [0, 0.05) is 18.1 Å². The smallest absolute Gasteiger partial charge is 0.338 e. The van der Waals surface area contributed by atoms with Crippen LogP contribution in [0, 0.1) is 0 Å². The predicted molar refractivity (Wildman–Crippen MR) is 95.2 cm³/mol. The monoisotopic (exact) mass is 411 g/mol. The summed E-state index contributed by atoms with van der Waals surface area (Å²) in [6, 6.07) is 13.2. The summed E-state index contributed by atoms with van der Waals surface area (Å²) in [7, 11) is -2.11. The van der Waals surface area contributed by atoms with Crippen LogP contribution in [0.5, 0.6) is 0 Å². The maximum atomic E-state index is 12.6. The lowest BCUT2D eigenvalue weighted by Crippen LogP contribution is -2.26. The molecule has 2 aromatic carbocycles. The second kappa shape index (κ2) is 7.92. The van der Waals surface area contributed by atoms with E-state index in [1.165, 1.54) is 35.6 Å². The Morgan fingerprint density at radius 1 is 1.08 bits per heavy atom. The van der Waals surface area contributed by atoms with Crippen molar-refractivity contribution in [2.75, 3.05) is 13.7 Å². The van der Waals surface area contributed by atoms with E-state index in [2.05, 4.69) is 15.9 Å². The van der Waals surface area contributed by atoms with Gasteiger partial charge in [0.25, 0.3) is 0 Å².